The van der Waals surface area contributed by atoms with Crippen LogP contribution in [-0.4, -0.2) is 51.3 Å². The topological polar surface area (TPSA) is 50.1 Å². The number of anilines is 1. The maximum absolute atomic E-state index is 4.56. The molecule has 0 spiro atoms. The molecule has 3 aromatic rings. The van der Waals surface area contributed by atoms with Gasteiger partial charge >= 0.3 is 0 Å². The third kappa shape index (κ3) is 3.97. The van der Waals surface area contributed by atoms with E-state index in [4.69, 9.17) is 0 Å². The van der Waals surface area contributed by atoms with Crippen molar-refractivity contribution in [1.29, 1.82) is 0 Å². The van der Waals surface area contributed by atoms with E-state index in [1.54, 1.807) is 0 Å². The van der Waals surface area contributed by atoms with Gasteiger partial charge in [-0.15, -0.1) is 5.10 Å². The fraction of sp³-hybridized carbons (Fsp3) is 0.480. The molecule has 1 aromatic heterocycles. The summed E-state index contributed by atoms with van der Waals surface area (Å²) < 4.78 is 2.13. The summed E-state index contributed by atoms with van der Waals surface area (Å²) in [5.74, 6) is 0.998. The molecule has 6 nitrogen and oxygen atoms in total. The number of aromatic nitrogens is 4. The second-order valence-electron chi connectivity index (χ2n) is 8.98. The van der Waals surface area contributed by atoms with Gasteiger partial charge in [0, 0.05) is 31.9 Å². The van der Waals surface area contributed by atoms with Gasteiger partial charge in [0.05, 0.1) is 12.1 Å². The Hall–Kier alpha value is -2.73. The van der Waals surface area contributed by atoms with Crippen molar-refractivity contribution in [1.82, 2.24) is 25.1 Å². The van der Waals surface area contributed by atoms with Crippen molar-refractivity contribution in [3.63, 3.8) is 0 Å². The van der Waals surface area contributed by atoms with Crippen LogP contribution in [-0.2, 0) is 0 Å². The van der Waals surface area contributed by atoms with Gasteiger partial charge in [-0.05, 0) is 59.9 Å². The highest BCUT2D eigenvalue weighted by Gasteiger charge is 2.33. The standard InChI is InChI=1S/C25H32N6/c1-19-9-8-14-23(20(19)2)29-15-17-30(18-16-29)24(21-10-4-3-5-11-21)25-26-27-28-31(25)22-12-6-7-13-22/h3-5,8-11,14,22,24H,6-7,12-13,15-18H2,1-2H3. The van der Waals surface area contributed by atoms with Crippen LogP contribution in [0, 0.1) is 13.8 Å². The van der Waals surface area contributed by atoms with Gasteiger partial charge in [0.2, 0.25) is 0 Å². The summed E-state index contributed by atoms with van der Waals surface area (Å²) in [7, 11) is 0. The van der Waals surface area contributed by atoms with Crippen LogP contribution in [0.5, 0.6) is 0 Å². The van der Waals surface area contributed by atoms with Gasteiger partial charge in [0.1, 0.15) is 0 Å². The maximum atomic E-state index is 4.56. The van der Waals surface area contributed by atoms with Gasteiger partial charge in [-0.2, -0.15) is 0 Å². The number of benzene rings is 2. The number of aryl methyl sites for hydroxylation is 1. The van der Waals surface area contributed by atoms with Crippen LogP contribution in [0.2, 0.25) is 0 Å². The van der Waals surface area contributed by atoms with Gasteiger partial charge in [0.15, 0.2) is 5.82 Å². The van der Waals surface area contributed by atoms with Crippen molar-refractivity contribution in [2.24, 2.45) is 0 Å². The first-order valence-corrected chi connectivity index (χ1v) is 11.6. The van der Waals surface area contributed by atoms with Crippen molar-refractivity contribution in [3.05, 3.63) is 71.0 Å². The average Bonchev–Trinajstić information content (AvgIpc) is 3.49. The van der Waals surface area contributed by atoms with Crippen molar-refractivity contribution >= 4 is 5.69 Å². The number of tetrazole rings is 1. The normalized spacial score (nSPS) is 19.1. The first kappa shape index (κ1) is 20.2. The van der Waals surface area contributed by atoms with Gasteiger partial charge in [-0.1, -0.05) is 55.3 Å². The zero-order valence-electron chi connectivity index (χ0n) is 18.6. The third-order valence-corrected chi connectivity index (χ3v) is 7.14. The number of nitrogens with zero attached hydrogens (tertiary/aromatic N) is 6. The average molecular weight is 417 g/mol. The van der Waals surface area contributed by atoms with Gasteiger partial charge in [0.25, 0.3) is 0 Å². The third-order valence-electron chi connectivity index (χ3n) is 7.14. The molecular weight excluding hydrogens is 384 g/mol. The Balaban J connectivity index is 1.42. The zero-order valence-corrected chi connectivity index (χ0v) is 18.6. The SMILES string of the molecule is Cc1cccc(N2CCN(C(c3ccccc3)c3nnnn3C3CCCC3)CC2)c1C. The molecule has 2 aromatic carbocycles. The van der Waals surface area contributed by atoms with Crippen molar-refractivity contribution in [3.8, 4) is 0 Å². The van der Waals surface area contributed by atoms with E-state index in [0.29, 0.717) is 6.04 Å². The summed E-state index contributed by atoms with van der Waals surface area (Å²) in [6, 6.07) is 17.9. The number of rotatable bonds is 5. The molecule has 2 fully saturated rings. The molecule has 6 heteroatoms. The molecule has 1 unspecified atom stereocenters. The Morgan fingerprint density at radius 1 is 0.871 bits per heavy atom. The molecule has 2 aliphatic rings. The van der Waals surface area contributed by atoms with Crippen LogP contribution in [0.1, 0.15) is 60.3 Å². The summed E-state index contributed by atoms with van der Waals surface area (Å²) in [4.78, 5) is 5.09. The van der Waals surface area contributed by atoms with E-state index in [2.05, 4.69) is 92.4 Å². The van der Waals surface area contributed by atoms with Gasteiger partial charge in [-0.25, -0.2) is 4.68 Å². The molecule has 0 N–H and O–H groups in total. The van der Waals surface area contributed by atoms with Crippen LogP contribution >= 0.6 is 0 Å². The molecule has 0 amide bonds. The molecule has 1 saturated heterocycles. The molecule has 0 radical (unpaired) electrons. The monoisotopic (exact) mass is 416 g/mol. The summed E-state index contributed by atoms with van der Waals surface area (Å²) in [5, 5.41) is 13.1. The lowest BCUT2D eigenvalue weighted by Crippen LogP contribution is -2.48. The molecule has 5 rings (SSSR count). The minimum atomic E-state index is 0.0950. The van der Waals surface area contributed by atoms with Crippen LogP contribution in [0.15, 0.2) is 48.5 Å². The molecule has 1 saturated carbocycles. The minimum absolute atomic E-state index is 0.0950. The Labute approximate surface area is 184 Å². The van der Waals surface area contributed by atoms with Crippen LogP contribution in [0.4, 0.5) is 5.69 Å². The van der Waals surface area contributed by atoms with Crippen molar-refractivity contribution in [2.45, 2.75) is 51.6 Å². The predicted molar refractivity (Wildman–Crippen MR) is 123 cm³/mol. The molecular formula is C25H32N6. The van der Waals surface area contributed by atoms with E-state index in [1.165, 1.54) is 48.1 Å². The largest absolute Gasteiger partial charge is 0.369 e. The molecule has 2 heterocycles. The smallest absolute Gasteiger partial charge is 0.173 e. The lowest BCUT2D eigenvalue weighted by molar-refractivity contribution is 0.197. The number of hydrogen-bond donors (Lipinski definition) is 0. The Bertz CT molecular complexity index is 1000. The Morgan fingerprint density at radius 2 is 1.61 bits per heavy atom. The lowest BCUT2D eigenvalue weighted by Gasteiger charge is -2.40. The fourth-order valence-electron chi connectivity index (χ4n) is 5.25. The highest BCUT2D eigenvalue weighted by Crippen LogP contribution is 2.35. The van der Waals surface area contributed by atoms with Crippen molar-refractivity contribution in [2.75, 3.05) is 31.1 Å². The zero-order chi connectivity index (χ0) is 21.2. The van der Waals surface area contributed by atoms with Crippen LogP contribution in [0.3, 0.4) is 0 Å². The Kier molecular flexibility index (Phi) is 5.72. The van der Waals surface area contributed by atoms with E-state index >= 15 is 0 Å². The first-order chi connectivity index (χ1) is 15.2. The minimum Gasteiger partial charge on any atom is -0.369 e. The summed E-state index contributed by atoms with van der Waals surface area (Å²) >= 11 is 0. The summed E-state index contributed by atoms with van der Waals surface area (Å²) in [6.45, 7) is 8.44. The first-order valence-electron chi connectivity index (χ1n) is 11.6. The molecule has 0 bridgehead atoms. The lowest BCUT2D eigenvalue weighted by atomic mass is 10.0. The van der Waals surface area contributed by atoms with Crippen LogP contribution < -0.4 is 4.90 Å². The molecule has 31 heavy (non-hydrogen) atoms. The fourth-order valence-corrected chi connectivity index (χ4v) is 5.25. The quantitative estimate of drug-likeness (QED) is 0.620. The highest BCUT2D eigenvalue weighted by atomic mass is 15.6. The van der Waals surface area contributed by atoms with E-state index in [0.717, 1.165) is 32.0 Å². The molecule has 162 valence electrons. The molecule has 1 aliphatic carbocycles. The van der Waals surface area contributed by atoms with E-state index in [9.17, 15) is 0 Å². The van der Waals surface area contributed by atoms with E-state index in [1.807, 2.05) is 0 Å². The van der Waals surface area contributed by atoms with Gasteiger partial charge < -0.3 is 4.90 Å². The Morgan fingerprint density at radius 3 is 2.35 bits per heavy atom. The highest BCUT2D eigenvalue weighted by molar-refractivity contribution is 5.56. The number of hydrogen-bond acceptors (Lipinski definition) is 5. The molecule has 1 atom stereocenters. The summed E-state index contributed by atoms with van der Waals surface area (Å²) in [6.07, 6.45) is 4.91. The second-order valence-corrected chi connectivity index (χ2v) is 8.98. The van der Waals surface area contributed by atoms with Gasteiger partial charge in [-0.3, -0.25) is 4.90 Å². The molecule has 1 aliphatic heterocycles. The maximum Gasteiger partial charge on any atom is 0.173 e. The van der Waals surface area contributed by atoms with E-state index < -0.39 is 0 Å². The van der Waals surface area contributed by atoms with Crippen molar-refractivity contribution < 1.29 is 0 Å². The van der Waals surface area contributed by atoms with Crippen LogP contribution in [0.25, 0.3) is 0 Å². The van der Waals surface area contributed by atoms with E-state index in [-0.39, 0.29) is 6.04 Å². The summed E-state index contributed by atoms with van der Waals surface area (Å²) in [5.41, 5.74) is 5.39. The number of piperazine rings is 1. The second kappa shape index (κ2) is 8.79. The predicted octanol–water partition coefficient (Wildman–Crippen LogP) is 4.32.